The molecule has 0 fully saturated rings. The molecule has 0 radical (unpaired) electrons. The molecule has 0 aromatic heterocycles. The van der Waals surface area contributed by atoms with Crippen LogP contribution in [0.25, 0.3) is 0 Å². The molecule has 0 atom stereocenters. The van der Waals surface area contributed by atoms with Crippen LogP contribution in [0.1, 0.15) is 12.0 Å². The van der Waals surface area contributed by atoms with Crippen molar-refractivity contribution >= 4 is 23.0 Å². The van der Waals surface area contributed by atoms with Gasteiger partial charge in [0, 0.05) is 32.6 Å². The molecule has 1 heterocycles. The van der Waals surface area contributed by atoms with Crippen LogP contribution in [0, 0.1) is 10.1 Å². The van der Waals surface area contributed by atoms with E-state index in [2.05, 4.69) is 10.6 Å². The number of carbonyl (C=O) groups excluding carboxylic acids is 1. The van der Waals surface area contributed by atoms with Crippen molar-refractivity contribution in [3.05, 3.63) is 27.8 Å². The van der Waals surface area contributed by atoms with Crippen LogP contribution in [-0.4, -0.2) is 38.0 Å². The Balaban J connectivity index is 2.39. The topological polar surface area (TPSA) is 87.5 Å². The molecule has 0 saturated carbocycles. The fourth-order valence-electron chi connectivity index (χ4n) is 2.26. The number of nitrogens with zero attached hydrogens (tertiary/aromatic N) is 2. The summed E-state index contributed by atoms with van der Waals surface area (Å²) >= 11 is 0. The lowest BCUT2D eigenvalue weighted by Crippen LogP contribution is -2.28. The van der Waals surface area contributed by atoms with E-state index < -0.39 is 4.92 Å². The number of carbonyl (C=O) groups is 1. The Bertz CT molecular complexity index is 545. The highest BCUT2D eigenvalue weighted by Gasteiger charge is 2.24. The minimum atomic E-state index is -0.410. The zero-order valence-corrected chi connectivity index (χ0v) is 11.6. The fraction of sp³-hybridized carbons (Fsp3) is 0.462. The summed E-state index contributed by atoms with van der Waals surface area (Å²) in [6, 6.07) is 3.26. The molecular weight excluding hydrogens is 260 g/mol. The van der Waals surface area contributed by atoms with Gasteiger partial charge in [0.05, 0.1) is 10.6 Å². The Hall–Kier alpha value is -2.15. The number of fused-ring (bicyclic) bond motifs is 1. The van der Waals surface area contributed by atoms with Gasteiger partial charge in [-0.05, 0) is 25.1 Å². The van der Waals surface area contributed by atoms with E-state index in [1.165, 1.54) is 6.07 Å². The smallest absolute Gasteiger partial charge is 0.294 e. The van der Waals surface area contributed by atoms with E-state index in [1.54, 1.807) is 0 Å². The number of nitro benzene ring substituents is 1. The third-order valence-electron chi connectivity index (χ3n) is 3.40. The number of likely N-dealkylation sites (N-methyl/N-ethyl adjacent to an activating group) is 2. The van der Waals surface area contributed by atoms with Gasteiger partial charge in [-0.25, -0.2) is 0 Å². The van der Waals surface area contributed by atoms with E-state index in [0.717, 1.165) is 12.1 Å². The zero-order valence-electron chi connectivity index (χ0n) is 11.6. The van der Waals surface area contributed by atoms with E-state index in [4.69, 9.17) is 0 Å². The lowest BCUT2D eigenvalue weighted by Gasteiger charge is -2.23. The first-order valence-electron chi connectivity index (χ1n) is 6.50. The molecule has 1 amide bonds. The SMILES string of the molecule is CNCCN(C)c1cc2c(cc1[N+](=O)[O-])NC(=O)CC2. The Labute approximate surface area is 117 Å². The van der Waals surface area contributed by atoms with Gasteiger partial charge in [-0.1, -0.05) is 0 Å². The number of anilines is 2. The number of benzene rings is 1. The van der Waals surface area contributed by atoms with Gasteiger partial charge < -0.3 is 15.5 Å². The highest BCUT2D eigenvalue weighted by Crippen LogP contribution is 2.35. The van der Waals surface area contributed by atoms with Crippen LogP contribution in [0.3, 0.4) is 0 Å². The van der Waals surface area contributed by atoms with Crippen LogP contribution < -0.4 is 15.5 Å². The standard InChI is InChI=1S/C13H18N4O3/c1-14-5-6-16(2)11-7-9-3-4-13(18)15-10(9)8-12(11)17(19)20/h7-8,14H,3-6H2,1-2H3,(H,15,18). The molecule has 1 aromatic rings. The second-order valence-electron chi connectivity index (χ2n) is 4.83. The summed E-state index contributed by atoms with van der Waals surface area (Å²) in [4.78, 5) is 24.0. The molecule has 1 aromatic carbocycles. The van der Waals surface area contributed by atoms with E-state index >= 15 is 0 Å². The van der Waals surface area contributed by atoms with Crippen molar-refractivity contribution < 1.29 is 9.72 Å². The molecule has 0 saturated heterocycles. The summed E-state index contributed by atoms with van der Waals surface area (Å²) < 4.78 is 0. The number of hydrogen-bond donors (Lipinski definition) is 2. The zero-order chi connectivity index (χ0) is 14.7. The Morgan fingerprint density at radius 2 is 2.20 bits per heavy atom. The molecule has 20 heavy (non-hydrogen) atoms. The largest absolute Gasteiger partial charge is 0.368 e. The first-order valence-corrected chi connectivity index (χ1v) is 6.50. The van der Waals surface area contributed by atoms with Crippen molar-refractivity contribution in [2.45, 2.75) is 12.8 Å². The number of nitrogens with one attached hydrogen (secondary N) is 2. The summed E-state index contributed by atoms with van der Waals surface area (Å²) in [7, 11) is 3.66. The van der Waals surface area contributed by atoms with Crippen LogP contribution >= 0.6 is 0 Å². The van der Waals surface area contributed by atoms with E-state index in [0.29, 0.717) is 30.8 Å². The maximum Gasteiger partial charge on any atom is 0.294 e. The van der Waals surface area contributed by atoms with Gasteiger partial charge in [0.1, 0.15) is 5.69 Å². The van der Waals surface area contributed by atoms with Crippen molar-refractivity contribution in [3.63, 3.8) is 0 Å². The Morgan fingerprint density at radius 3 is 2.85 bits per heavy atom. The number of aryl methyl sites for hydroxylation is 1. The second kappa shape index (κ2) is 5.87. The number of amides is 1. The van der Waals surface area contributed by atoms with Gasteiger partial charge in [-0.2, -0.15) is 0 Å². The van der Waals surface area contributed by atoms with Crippen LogP contribution in [0.5, 0.6) is 0 Å². The third-order valence-corrected chi connectivity index (χ3v) is 3.40. The van der Waals surface area contributed by atoms with Crippen molar-refractivity contribution in [2.24, 2.45) is 0 Å². The second-order valence-corrected chi connectivity index (χ2v) is 4.83. The summed E-state index contributed by atoms with van der Waals surface area (Å²) in [6.45, 7) is 1.41. The van der Waals surface area contributed by atoms with Gasteiger partial charge in [-0.3, -0.25) is 14.9 Å². The van der Waals surface area contributed by atoms with Gasteiger partial charge in [0.15, 0.2) is 0 Å². The Kier molecular flexibility index (Phi) is 4.19. The van der Waals surface area contributed by atoms with Gasteiger partial charge in [0.2, 0.25) is 5.91 Å². The normalized spacial score (nSPS) is 13.6. The van der Waals surface area contributed by atoms with Crippen molar-refractivity contribution in [3.8, 4) is 0 Å². The predicted molar refractivity (Wildman–Crippen MR) is 77.2 cm³/mol. The molecule has 0 spiro atoms. The van der Waals surface area contributed by atoms with Crippen molar-refractivity contribution in [1.82, 2.24) is 5.32 Å². The molecule has 1 aliphatic heterocycles. The lowest BCUT2D eigenvalue weighted by atomic mass is 10.0. The average molecular weight is 278 g/mol. The van der Waals surface area contributed by atoms with Crippen molar-refractivity contribution in [1.29, 1.82) is 0 Å². The molecule has 0 unspecified atom stereocenters. The van der Waals surface area contributed by atoms with E-state index in [9.17, 15) is 14.9 Å². The first kappa shape index (κ1) is 14.3. The highest BCUT2D eigenvalue weighted by atomic mass is 16.6. The monoisotopic (exact) mass is 278 g/mol. The predicted octanol–water partition coefficient (Wildman–Crippen LogP) is 1.14. The minimum absolute atomic E-state index is 0.0181. The maximum atomic E-state index is 11.4. The average Bonchev–Trinajstić information content (AvgIpc) is 2.43. The fourth-order valence-corrected chi connectivity index (χ4v) is 2.26. The summed E-state index contributed by atoms with van der Waals surface area (Å²) in [5, 5.41) is 16.9. The van der Waals surface area contributed by atoms with Crippen LogP contribution in [-0.2, 0) is 11.2 Å². The number of hydrogen-bond acceptors (Lipinski definition) is 5. The molecule has 7 nitrogen and oxygen atoms in total. The molecule has 7 heteroatoms. The van der Waals surface area contributed by atoms with Gasteiger partial charge in [0.25, 0.3) is 5.69 Å². The molecule has 0 bridgehead atoms. The molecule has 108 valence electrons. The summed E-state index contributed by atoms with van der Waals surface area (Å²) in [5.74, 6) is -0.0944. The molecule has 1 aliphatic rings. The lowest BCUT2D eigenvalue weighted by molar-refractivity contribution is -0.384. The van der Waals surface area contributed by atoms with Crippen molar-refractivity contribution in [2.75, 3.05) is 37.4 Å². The molecule has 2 rings (SSSR count). The van der Waals surface area contributed by atoms with Gasteiger partial charge >= 0.3 is 0 Å². The van der Waals surface area contributed by atoms with E-state index in [-0.39, 0.29) is 11.6 Å². The Morgan fingerprint density at radius 1 is 1.45 bits per heavy atom. The van der Waals surface area contributed by atoms with E-state index in [1.807, 2.05) is 25.1 Å². The first-order chi connectivity index (χ1) is 9.52. The van der Waals surface area contributed by atoms with Crippen LogP contribution in [0.2, 0.25) is 0 Å². The van der Waals surface area contributed by atoms with Crippen LogP contribution in [0.4, 0.5) is 17.1 Å². The molecular formula is C13H18N4O3. The quantitative estimate of drug-likeness (QED) is 0.623. The summed E-state index contributed by atoms with van der Waals surface area (Å²) in [5.41, 5.74) is 2.10. The maximum absolute atomic E-state index is 11.4. The number of nitro groups is 1. The minimum Gasteiger partial charge on any atom is -0.368 e. The molecule has 0 aliphatic carbocycles. The highest BCUT2D eigenvalue weighted by molar-refractivity contribution is 5.95. The third kappa shape index (κ3) is 2.88. The number of rotatable bonds is 5. The molecule has 2 N–H and O–H groups in total. The summed E-state index contributed by atoms with van der Waals surface area (Å²) in [6.07, 6.45) is 1.04. The van der Waals surface area contributed by atoms with Gasteiger partial charge in [-0.15, -0.1) is 0 Å². The van der Waals surface area contributed by atoms with Crippen LogP contribution in [0.15, 0.2) is 12.1 Å².